The Hall–Kier alpha value is -1.16. The molecule has 4 heteroatoms. The number of benzene rings is 1. The summed E-state index contributed by atoms with van der Waals surface area (Å²) in [7, 11) is 3.78. The highest BCUT2D eigenvalue weighted by Crippen LogP contribution is 2.34. The molecule has 3 nitrogen and oxygen atoms in total. The number of fused-ring (bicyclic) bond motifs is 1. The van der Waals surface area contributed by atoms with Crippen LogP contribution >= 0.6 is 11.6 Å². The lowest BCUT2D eigenvalue weighted by Crippen LogP contribution is -2.25. The first kappa shape index (κ1) is 15.2. The van der Waals surface area contributed by atoms with Crippen molar-refractivity contribution in [2.45, 2.75) is 12.3 Å². The molecule has 0 radical (unpaired) electrons. The Labute approximate surface area is 125 Å². The predicted molar refractivity (Wildman–Crippen MR) is 85.3 cm³/mol. The molecule has 0 saturated heterocycles. The van der Waals surface area contributed by atoms with E-state index in [2.05, 4.69) is 24.9 Å². The summed E-state index contributed by atoms with van der Waals surface area (Å²) in [6.45, 7) is 4.45. The topological polar surface area (TPSA) is 24.8 Å². The number of alkyl halides is 1. The smallest absolute Gasteiger partial charge is 0.0887 e. The molecule has 1 aromatic rings. The highest BCUT2D eigenvalue weighted by atomic mass is 35.5. The van der Waals surface area contributed by atoms with Gasteiger partial charge in [-0.05, 0) is 30.8 Å². The Morgan fingerprint density at radius 1 is 1.35 bits per heavy atom. The van der Waals surface area contributed by atoms with Gasteiger partial charge in [0.2, 0.25) is 0 Å². The monoisotopic (exact) mass is 292 g/mol. The van der Waals surface area contributed by atoms with Crippen LogP contribution in [0.25, 0.3) is 0 Å². The van der Waals surface area contributed by atoms with Gasteiger partial charge in [0.1, 0.15) is 0 Å². The van der Waals surface area contributed by atoms with Crippen molar-refractivity contribution in [3.63, 3.8) is 0 Å². The van der Waals surface area contributed by atoms with E-state index in [1.54, 1.807) is 7.11 Å². The number of halogens is 1. The average molecular weight is 293 g/mol. The number of allylic oxidation sites excluding steroid dienone is 1. The second-order valence-corrected chi connectivity index (χ2v) is 5.44. The number of likely N-dealkylation sites (N-methyl/N-ethyl adjacent to an activating group) is 1. The van der Waals surface area contributed by atoms with Crippen LogP contribution in [-0.4, -0.2) is 44.5 Å². The molecule has 20 heavy (non-hydrogen) atoms. The number of rotatable bonds is 5. The minimum absolute atomic E-state index is 0.149. The molecule has 0 aromatic heterocycles. The number of methoxy groups -OCH3 is 1. The third-order valence-corrected chi connectivity index (χ3v) is 3.83. The maximum Gasteiger partial charge on any atom is 0.0887 e. The minimum Gasteiger partial charge on any atom is -0.378 e. The van der Waals surface area contributed by atoms with Crippen molar-refractivity contribution < 1.29 is 4.74 Å². The lowest BCUT2D eigenvalue weighted by molar-refractivity contribution is 0.245. The van der Waals surface area contributed by atoms with E-state index in [0.717, 1.165) is 35.6 Å². The van der Waals surface area contributed by atoms with Crippen LogP contribution in [0.3, 0.4) is 0 Å². The van der Waals surface area contributed by atoms with E-state index >= 15 is 0 Å². The zero-order chi connectivity index (χ0) is 14.5. The highest BCUT2D eigenvalue weighted by Gasteiger charge is 2.19. The van der Waals surface area contributed by atoms with E-state index in [4.69, 9.17) is 21.3 Å². The van der Waals surface area contributed by atoms with Crippen molar-refractivity contribution in [3.8, 4) is 0 Å². The summed E-state index contributed by atoms with van der Waals surface area (Å²) in [6, 6.07) is 8.01. The fourth-order valence-electron chi connectivity index (χ4n) is 2.21. The highest BCUT2D eigenvalue weighted by molar-refractivity contribution is 6.23. The molecular weight excluding hydrogens is 272 g/mol. The van der Waals surface area contributed by atoms with E-state index in [1.165, 1.54) is 0 Å². The van der Waals surface area contributed by atoms with Gasteiger partial charge in [-0.15, -0.1) is 11.6 Å². The van der Waals surface area contributed by atoms with Crippen LogP contribution in [0.4, 0.5) is 5.69 Å². The van der Waals surface area contributed by atoms with Gasteiger partial charge < -0.3 is 9.64 Å². The molecule has 0 bridgehead atoms. The lowest BCUT2D eigenvalue weighted by atomic mass is 10.1. The first-order valence-electron chi connectivity index (χ1n) is 6.84. The predicted octanol–water partition coefficient (Wildman–Crippen LogP) is 3.58. The Balaban J connectivity index is 2.41. The summed E-state index contributed by atoms with van der Waals surface area (Å²) in [4.78, 5) is 6.99. The van der Waals surface area contributed by atoms with Crippen LogP contribution in [0.15, 0.2) is 40.9 Å². The fourth-order valence-corrected chi connectivity index (χ4v) is 2.55. The van der Waals surface area contributed by atoms with E-state index in [0.29, 0.717) is 6.61 Å². The van der Waals surface area contributed by atoms with Crippen LogP contribution in [0.5, 0.6) is 0 Å². The molecule has 0 spiro atoms. The Morgan fingerprint density at radius 3 is 2.80 bits per heavy atom. The van der Waals surface area contributed by atoms with Crippen molar-refractivity contribution in [1.82, 2.24) is 4.90 Å². The molecule has 1 heterocycles. The Kier molecular flexibility index (Phi) is 5.35. The summed E-state index contributed by atoms with van der Waals surface area (Å²) in [5.74, 6) is 0. The quantitative estimate of drug-likeness (QED) is 0.775. The summed E-state index contributed by atoms with van der Waals surface area (Å²) in [5.41, 5.74) is 4.10. The van der Waals surface area contributed by atoms with E-state index in [9.17, 15) is 0 Å². The van der Waals surface area contributed by atoms with Gasteiger partial charge >= 0.3 is 0 Å². The van der Waals surface area contributed by atoms with Crippen molar-refractivity contribution in [2.24, 2.45) is 4.99 Å². The van der Waals surface area contributed by atoms with Crippen LogP contribution in [0.2, 0.25) is 0 Å². The van der Waals surface area contributed by atoms with Gasteiger partial charge in [-0.2, -0.15) is 0 Å². The van der Waals surface area contributed by atoms with Crippen molar-refractivity contribution in [1.29, 1.82) is 0 Å². The van der Waals surface area contributed by atoms with E-state index in [1.807, 2.05) is 24.3 Å². The second kappa shape index (κ2) is 7.02. The van der Waals surface area contributed by atoms with Crippen molar-refractivity contribution in [3.05, 3.63) is 41.5 Å². The number of ether oxygens (including phenoxy) is 1. The molecule has 1 aromatic carbocycles. The van der Waals surface area contributed by atoms with E-state index in [-0.39, 0.29) is 5.38 Å². The van der Waals surface area contributed by atoms with Crippen molar-refractivity contribution >= 4 is 23.0 Å². The lowest BCUT2D eigenvalue weighted by Gasteiger charge is -2.17. The molecule has 108 valence electrons. The molecule has 1 atom stereocenters. The molecular formula is C16H21ClN2O. The minimum atomic E-state index is -0.149. The molecule has 1 aliphatic heterocycles. The largest absolute Gasteiger partial charge is 0.378 e. The van der Waals surface area contributed by atoms with Gasteiger partial charge in [0.15, 0.2) is 0 Å². The van der Waals surface area contributed by atoms with Gasteiger partial charge in [0.05, 0.1) is 23.4 Å². The maximum atomic E-state index is 6.53. The van der Waals surface area contributed by atoms with Gasteiger partial charge in [-0.3, -0.25) is 4.99 Å². The number of nitrogens with zero attached hydrogens (tertiary/aromatic N) is 2. The summed E-state index contributed by atoms with van der Waals surface area (Å²) in [6.07, 6.45) is 2.09. The summed E-state index contributed by atoms with van der Waals surface area (Å²) >= 11 is 6.53. The zero-order valence-corrected chi connectivity index (χ0v) is 13.0. The molecule has 0 fully saturated rings. The molecule has 0 aliphatic carbocycles. The summed E-state index contributed by atoms with van der Waals surface area (Å²) < 4.78 is 5.30. The van der Waals surface area contributed by atoms with Gasteiger partial charge in [-0.1, -0.05) is 31.2 Å². The molecule has 2 rings (SSSR count). The third kappa shape index (κ3) is 3.48. The van der Waals surface area contributed by atoms with Crippen molar-refractivity contribution in [2.75, 3.05) is 33.9 Å². The number of aliphatic imine (C=N–C) groups is 1. The van der Waals surface area contributed by atoms with Gasteiger partial charge in [-0.25, -0.2) is 0 Å². The fraction of sp³-hybridized carbons (Fsp3) is 0.438. The molecule has 0 N–H and O–H groups in total. The first-order chi connectivity index (χ1) is 9.65. The second-order valence-electron chi connectivity index (χ2n) is 4.97. The average Bonchev–Trinajstić information content (AvgIpc) is 2.58. The summed E-state index contributed by atoms with van der Waals surface area (Å²) in [5, 5.41) is -0.149. The standard InChI is InChI=1S/C16H21ClN2O/c1-4-19(2)10-12-9-14(17)13-7-5-6-8-15(13)18-16(12)11-20-3/h5-9,14H,4,10-11H2,1-3H3. The normalized spacial score (nSPS) is 18.4. The Morgan fingerprint density at radius 2 is 2.10 bits per heavy atom. The maximum absolute atomic E-state index is 6.53. The van der Waals surface area contributed by atoms with Crippen LogP contribution in [0, 0.1) is 0 Å². The molecule has 1 unspecified atom stereocenters. The van der Waals surface area contributed by atoms with Gasteiger partial charge in [0, 0.05) is 13.7 Å². The SMILES string of the molecule is CCN(C)CC1=CC(Cl)c2ccccc2N=C1COC. The van der Waals surface area contributed by atoms with Crippen LogP contribution in [0.1, 0.15) is 17.9 Å². The third-order valence-electron chi connectivity index (χ3n) is 3.47. The van der Waals surface area contributed by atoms with Crippen LogP contribution < -0.4 is 0 Å². The first-order valence-corrected chi connectivity index (χ1v) is 7.28. The number of para-hydroxylation sites is 1. The van der Waals surface area contributed by atoms with Gasteiger partial charge in [0.25, 0.3) is 0 Å². The van der Waals surface area contributed by atoms with E-state index < -0.39 is 0 Å². The Bertz CT molecular complexity index is 525. The molecule has 1 aliphatic rings. The van der Waals surface area contributed by atoms with Crippen LogP contribution in [-0.2, 0) is 4.74 Å². The molecule has 0 saturated carbocycles. The number of hydrogen-bond acceptors (Lipinski definition) is 3. The zero-order valence-electron chi connectivity index (χ0n) is 12.3. The number of hydrogen-bond donors (Lipinski definition) is 0. The molecule has 0 amide bonds.